The highest BCUT2D eigenvalue weighted by Crippen LogP contribution is 2.24. The van der Waals surface area contributed by atoms with Gasteiger partial charge in [0, 0.05) is 0 Å². The van der Waals surface area contributed by atoms with Gasteiger partial charge in [0.1, 0.15) is 11.5 Å². The molecule has 1 unspecified atom stereocenters. The number of ether oxygens (including phenoxy) is 2. The topological polar surface area (TPSA) is 47.6 Å². The van der Waals surface area contributed by atoms with Gasteiger partial charge in [0.05, 0.1) is 13.2 Å². The number of aryl methyl sites for hydroxylation is 2. The molecule has 0 heterocycles. The van der Waals surface area contributed by atoms with Gasteiger partial charge in [-0.15, -0.1) is 0 Å². The lowest BCUT2D eigenvalue weighted by Gasteiger charge is -2.20. The lowest BCUT2D eigenvalue weighted by atomic mass is 9.89. The van der Waals surface area contributed by atoms with Gasteiger partial charge < -0.3 is 14.8 Å². The van der Waals surface area contributed by atoms with Crippen molar-refractivity contribution in [3.05, 3.63) is 59.2 Å². The third-order valence-corrected chi connectivity index (χ3v) is 4.68. The van der Waals surface area contributed by atoms with Crippen LogP contribution in [0.1, 0.15) is 42.5 Å². The van der Waals surface area contributed by atoms with Gasteiger partial charge in [-0.2, -0.15) is 0 Å². The molecule has 0 aliphatic heterocycles. The van der Waals surface area contributed by atoms with Crippen molar-refractivity contribution in [3.8, 4) is 11.5 Å². The monoisotopic (exact) mass is 339 g/mol. The van der Waals surface area contributed by atoms with Gasteiger partial charge in [-0.3, -0.25) is 4.79 Å². The zero-order valence-electron chi connectivity index (χ0n) is 14.9. The molecule has 0 saturated heterocycles. The average Bonchev–Trinajstić information content (AvgIpc) is 2.66. The van der Waals surface area contributed by atoms with Crippen LogP contribution in [0, 0.1) is 0 Å². The first-order chi connectivity index (χ1) is 12.2. The number of rotatable bonds is 6. The van der Waals surface area contributed by atoms with Crippen LogP contribution in [0.15, 0.2) is 42.5 Å². The molecule has 4 nitrogen and oxygen atoms in total. The zero-order chi connectivity index (χ0) is 17.6. The number of hydrogen-bond acceptors (Lipinski definition) is 3. The van der Waals surface area contributed by atoms with Crippen LogP contribution in [0.3, 0.4) is 0 Å². The molecule has 1 aliphatic carbocycles. The SMILES string of the molecule is COc1ccc(OCC(=O)NC(C)c2ccc3c(c2)CCCC3)cc1. The van der Waals surface area contributed by atoms with Crippen LogP contribution in [0.5, 0.6) is 11.5 Å². The number of carbonyl (C=O) groups excluding carboxylic acids is 1. The van der Waals surface area contributed by atoms with Gasteiger partial charge in [-0.05, 0) is 73.6 Å². The molecule has 1 atom stereocenters. The number of amides is 1. The van der Waals surface area contributed by atoms with E-state index in [1.54, 1.807) is 19.2 Å². The van der Waals surface area contributed by atoms with Gasteiger partial charge in [-0.1, -0.05) is 18.2 Å². The Kier molecular flexibility index (Phi) is 5.59. The summed E-state index contributed by atoms with van der Waals surface area (Å²) < 4.78 is 10.6. The van der Waals surface area contributed by atoms with Crippen LogP contribution >= 0.6 is 0 Å². The Hall–Kier alpha value is -2.49. The minimum Gasteiger partial charge on any atom is -0.497 e. The van der Waals surface area contributed by atoms with Gasteiger partial charge in [-0.25, -0.2) is 0 Å². The molecule has 4 heteroatoms. The Morgan fingerprint density at radius 2 is 1.72 bits per heavy atom. The van der Waals surface area contributed by atoms with Crippen LogP contribution in [0.2, 0.25) is 0 Å². The predicted octanol–water partition coefficient (Wildman–Crippen LogP) is 3.83. The predicted molar refractivity (Wildman–Crippen MR) is 98.1 cm³/mol. The van der Waals surface area contributed by atoms with Crippen LogP contribution < -0.4 is 14.8 Å². The number of carbonyl (C=O) groups is 1. The van der Waals surface area contributed by atoms with Crippen LogP contribution in [0.25, 0.3) is 0 Å². The van der Waals surface area contributed by atoms with Gasteiger partial charge in [0.2, 0.25) is 0 Å². The molecule has 25 heavy (non-hydrogen) atoms. The molecule has 132 valence electrons. The highest BCUT2D eigenvalue weighted by Gasteiger charge is 2.14. The molecule has 0 bridgehead atoms. The fourth-order valence-electron chi connectivity index (χ4n) is 3.21. The fraction of sp³-hybridized carbons (Fsp3) is 0.381. The van der Waals surface area contributed by atoms with E-state index in [9.17, 15) is 4.79 Å². The first-order valence-corrected chi connectivity index (χ1v) is 8.83. The highest BCUT2D eigenvalue weighted by atomic mass is 16.5. The van der Waals surface area contributed by atoms with Gasteiger partial charge >= 0.3 is 0 Å². The van der Waals surface area contributed by atoms with Crippen molar-refractivity contribution >= 4 is 5.91 Å². The fourth-order valence-corrected chi connectivity index (χ4v) is 3.21. The molecule has 0 aromatic heterocycles. The molecule has 0 saturated carbocycles. The molecular formula is C21H25NO3. The van der Waals surface area contributed by atoms with Crippen molar-refractivity contribution in [3.63, 3.8) is 0 Å². The largest absolute Gasteiger partial charge is 0.497 e. The summed E-state index contributed by atoms with van der Waals surface area (Å²) >= 11 is 0. The third-order valence-electron chi connectivity index (χ3n) is 4.68. The normalized spacial score (nSPS) is 14.3. The maximum absolute atomic E-state index is 12.2. The number of hydrogen-bond donors (Lipinski definition) is 1. The Morgan fingerprint density at radius 3 is 2.44 bits per heavy atom. The smallest absolute Gasteiger partial charge is 0.258 e. The van der Waals surface area contributed by atoms with Crippen molar-refractivity contribution in [2.24, 2.45) is 0 Å². The van der Waals surface area contributed by atoms with Gasteiger partial charge in [0.25, 0.3) is 5.91 Å². The first-order valence-electron chi connectivity index (χ1n) is 8.83. The van der Waals surface area contributed by atoms with E-state index in [0.717, 1.165) is 17.7 Å². The summed E-state index contributed by atoms with van der Waals surface area (Å²) in [5.74, 6) is 1.29. The Morgan fingerprint density at radius 1 is 1.04 bits per heavy atom. The van der Waals surface area contributed by atoms with E-state index in [1.807, 2.05) is 19.1 Å². The second kappa shape index (κ2) is 8.06. The number of benzene rings is 2. The maximum atomic E-state index is 12.2. The standard InChI is InChI=1S/C21H25NO3/c1-15(17-8-7-16-5-3-4-6-18(16)13-17)22-21(23)14-25-20-11-9-19(24-2)10-12-20/h7-13,15H,3-6,14H2,1-2H3,(H,22,23). The summed E-state index contributed by atoms with van der Waals surface area (Å²) in [7, 11) is 1.62. The third kappa shape index (κ3) is 4.53. The summed E-state index contributed by atoms with van der Waals surface area (Å²) in [6, 6.07) is 13.7. The Balaban J connectivity index is 1.53. The van der Waals surface area contributed by atoms with Crippen molar-refractivity contribution in [2.45, 2.75) is 38.6 Å². The Labute approximate surface area is 149 Å². The van der Waals surface area contributed by atoms with E-state index in [-0.39, 0.29) is 18.6 Å². The molecule has 0 radical (unpaired) electrons. The van der Waals surface area contributed by atoms with Gasteiger partial charge in [0.15, 0.2) is 6.61 Å². The molecular weight excluding hydrogens is 314 g/mol. The minimum absolute atomic E-state index is 0.00160. The van der Waals surface area contributed by atoms with Crippen LogP contribution in [0.4, 0.5) is 0 Å². The first kappa shape index (κ1) is 17.3. The molecule has 1 aliphatic rings. The number of fused-ring (bicyclic) bond motifs is 1. The van der Waals surface area contributed by atoms with Crippen LogP contribution in [-0.4, -0.2) is 19.6 Å². The van der Waals surface area contributed by atoms with E-state index >= 15 is 0 Å². The van der Waals surface area contributed by atoms with E-state index in [4.69, 9.17) is 9.47 Å². The molecule has 0 fully saturated rings. The molecule has 3 rings (SSSR count). The maximum Gasteiger partial charge on any atom is 0.258 e. The summed E-state index contributed by atoms with van der Waals surface area (Å²) in [6.07, 6.45) is 4.85. The summed E-state index contributed by atoms with van der Waals surface area (Å²) in [6.45, 7) is 2.01. The molecule has 0 spiro atoms. The second-order valence-electron chi connectivity index (χ2n) is 6.49. The summed E-state index contributed by atoms with van der Waals surface area (Å²) in [5, 5.41) is 3.01. The average molecular weight is 339 g/mol. The van der Waals surface area contributed by atoms with E-state index in [1.165, 1.54) is 30.4 Å². The number of nitrogens with one attached hydrogen (secondary N) is 1. The van der Waals surface area contributed by atoms with Crippen molar-refractivity contribution in [1.82, 2.24) is 5.32 Å². The van der Waals surface area contributed by atoms with Crippen molar-refractivity contribution in [2.75, 3.05) is 13.7 Å². The van der Waals surface area contributed by atoms with E-state index < -0.39 is 0 Å². The Bertz CT molecular complexity index is 724. The number of methoxy groups -OCH3 is 1. The molecule has 2 aromatic rings. The van der Waals surface area contributed by atoms with Crippen molar-refractivity contribution in [1.29, 1.82) is 0 Å². The highest BCUT2D eigenvalue weighted by molar-refractivity contribution is 5.78. The lowest BCUT2D eigenvalue weighted by Crippen LogP contribution is -2.31. The van der Waals surface area contributed by atoms with Crippen LogP contribution in [-0.2, 0) is 17.6 Å². The quantitative estimate of drug-likeness (QED) is 0.870. The molecule has 1 amide bonds. The van der Waals surface area contributed by atoms with E-state index in [2.05, 4.69) is 23.5 Å². The van der Waals surface area contributed by atoms with E-state index in [0.29, 0.717) is 5.75 Å². The van der Waals surface area contributed by atoms with Crippen molar-refractivity contribution < 1.29 is 14.3 Å². The zero-order valence-corrected chi connectivity index (χ0v) is 14.9. The summed E-state index contributed by atoms with van der Waals surface area (Å²) in [5.41, 5.74) is 4.04. The lowest BCUT2D eigenvalue weighted by molar-refractivity contribution is -0.123. The minimum atomic E-state index is -0.124. The molecule has 1 N–H and O–H groups in total. The summed E-state index contributed by atoms with van der Waals surface area (Å²) in [4.78, 5) is 12.2. The molecule has 2 aromatic carbocycles. The second-order valence-corrected chi connectivity index (χ2v) is 6.49.